The first-order valence-corrected chi connectivity index (χ1v) is 6.05. The summed E-state index contributed by atoms with van der Waals surface area (Å²) in [5, 5.41) is 0. The summed E-state index contributed by atoms with van der Waals surface area (Å²) in [7, 11) is 1.56. The fourth-order valence-electron chi connectivity index (χ4n) is 1.58. The van der Waals surface area contributed by atoms with Gasteiger partial charge < -0.3 is 4.74 Å². The second-order valence-corrected chi connectivity index (χ2v) is 4.45. The highest BCUT2D eigenvalue weighted by molar-refractivity contribution is 9.10. The van der Waals surface area contributed by atoms with Crippen molar-refractivity contribution in [2.45, 2.75) is 0 Å². The lowest BCUT2D eigenvalue weighted by Crippen LogP contribution is -2.03. The Morgan fingerprint density at radius 1 is 1.17 bits per heavy atom. The predicted octanol–water partition coefficient (Wildman–Crippen LogP) is 3.83. The Morgan fingerprint density at radius 3 is 2.44 bits per heavy atom. The van der Waals surface area contributed by atoms with Crippen LogP contribution in [0.3, 0.4) is 0 Å². The first-order valence-electron chi connectivity index (χ1n) is 5.26. The van der Waals surface area contributed by atoms with Gasteiger partial charge in [0.1, 0.15) is 11.6 Å². The van der Waals surface area contributed by atoms with Gasteiger partial charge in [0.25, 0.3) is 0 Å². The molecule has 0 bridgehead atoms. The van der Waals surface area contributed by atoms with Crippen LogP contribution in [-0.2, 0) is 0 Å². The summed E-state index contributed by atoms with van der Waals surface area (Å²) < 4.78 is 18.6. The van der Waals surface area contributed by atoms with Gasteiger partial charge in [0.05, 0.1) is 11.6 Å². The molecule has 92 valence electrons. The SMILES string of the molecule is COc1ccc(C(=O)c2cccc(F)c2Br)cc1. The zero-order valence-electron chi connectivity index (χ0n) is 9.61. The van der Waals surface area contributed by atoms with Crippen LogP contribution in [0.25, 0.3) is 0 Å². The molecule has 0 N–H and O–H groups in total. The molecule has 0 heterocycles. The average molecular weight is 309 g/mol. The van der Waals surface area contributed by atoms with Crippen LogP contribution in [-0.4, -0.2) is 12.9 Å². The second kappa shape index (κ2) is 5.31. The third-order valence-corrected chi connectivity index (χ3v) is 3.35. The van der Waals surface area contributed by atoms with E-state index in [4.69, 9.17) is 4.74 Å². The van der Waals surface area contributed by atoms with Crippen LogP contribution in [0.4, 0.5) is 4.39 Å². The lowest BCUT2D eigenvalue weighted by Gasteiger charge is -2.05. The zero-order chi connectivity index (χ0) is 13.1. The predicted molar refractivity (Wildman–Crippen MR) is 70.5 cm³/mol. The Kier molecular flexibility index (Phi) is 3.77. The molecule has 2 rings (SSSR count). The summed E-state index contributed by atoms with van der Waals surface area (Å²) in [4.78, 5) is 12.2. The number of hydrogen-bond acceptors (Lipinski definition) is 2. The summed E-state index contributed by atoms with van der Waals surface area (Å²) in [6.07, 6.45) is 0. The van der Waals surface area contributed by atoms with Gasteiger partial charge in [-0.15, -0.1) is 0 Å². The number of carbonyl (C=O) groups excluding carboxylic acids is 1. The highest BCUT2D eigenvalue weighted by atomic mass is 79.9. The van der Waals surface area contributed by atoms with Gasteiger partial charge in [-0.3, -0.25) is 4.79 Å². The molecule has 0 radical (unpaired) electrons. The van der Waals surface area contributed by atoms with Gasteiger partial charge in [-0.25, -0.2) is 4.39 Å². The van der Waals surface area contributed by atoms with Gasteiger partial charge in [0.2, 0.25) is 0 Å². The van der Waals surface area contributed by atoms with E-state index >= 15 is 0 Å². The van der Waals surface area contributed by atoms with Crippen molar-refractivity contribution in [2.24, 2.45) is 0 Å². The molecular formula is C14H10BrFO2. The summed E-state index contributed by atoms with van der Waals surface area (Å²) in [5.41, 5.74) is 0.794. The van der Waals surface area contributed by atoms with Crippen LogP contribution in [0.2, 0.25) is 0 Å². The van der Waals surface area contributed by atoms with Crippen molar-refractivity contribution in [1.82, 2.24) is 0 Å². The van der Waals surface area contributed by atoms with Crippen molar-refractivity contribution < 1.29 is 13.9 Å². The van der Waals surface area contributed by atoms with E-state index in [1.807, 2.05) is 0 Å². The fraction of sp³-hybridized carbons (Fsp3) is 0.0714. The molecule has 0 atom stereocenters. The minimum Gasteiger partial charge on any atom is -0.497 e. The molecule has 0 amide bonds. The third kappa shape index (κ3) is 2.43. The quantitative estimate of drug-likeness (QED) is 0.806. The second-order valence-electron chi connectivity index (χ2n) is 3.66. The minimum atomic E-state index is -0.450. The van der Waals surface area contributed by atoms with E-state index in [0.717, 1.165) is 0 Å². The van der Waals surface area contributed by atoms with Crippen LogP contribution >= 0.6 is 15.9 Å². The van der Waals surface area contributed by atoms with Crippen LogP contribution in [0.5, 0.6) is 5.75 Å². The zero-order valence-corrected chi connectivity index (χ0v) is 11.2. The van der Waals surface area contributed by atoms with Crippen LogP contribution in [0.1, 0.15) is 15.9 Å². The van der Waals surface area contributed by atoms with E-state index in [1.54, 1.807) is 37.4 Å². The number of ketones is 1. The molecule has 0 aliphatic heterocycles. The van der Waals surface area contributed by atoms with Crippen LogP contribution < -0.4 is 4.74 Å². The average Bonchev–Trinajstić information content (AvgIpc) is 2.41. The Hall–Kier alpha value is -1.68. The lowest BCUT2D eigenvalue weighted by molar-refractivity contribution is 0.103. The normalized spacial score (nSPS) is 10.2. The van der Waals surface area contributed by atoms with Gasteiger partial charge in [-0.2, -0.15) is 0 Å². The molecule has 0 aromatic heterocycles. The smallest absolute Gasteiger partial charge is 0.194 e. The Balaban J connectivity index is 2.38. The number of ether oxygens (including phenoxy) is 1. The Morgan fingerprint density at radius 2 is 1.83 bits per heavy atom. The monoisotopic (exact) mass is 308 g/mol. The molecule has 0 fully saturated rings. The lowest BCUT2D eigenvalue weighted by atomic mass is 10.0. The molecule has 0 unspecified atom stereocenters. The molecule has 0 spiro atoms. The molecular weight excluding hydrogens is 299 g/mol. The van der Waals surface area contributed by atoms with Gasteiger partial charge in [0, 0.05) is 11.1 Å². The minimum absolute atomic E-state index is 0.186. The standard InChI is InChI=1S/C14H10BrFO2/c1-18-10-7-5-9(6-8-10)14(17)11-3-2-4-12(16)13(11)15/h2-8H,1H3. The maximum absolute atomic E-state index is 13.4. The topological polar surface area (TPSA) is 26.3 Å². The van der Waals surface area contributed by atoms with Gasteiger partial charge >= 0.3 is 0 Å². The molecule has 2 aromatic carbocycles. The molecule has 2 nitrogen and oxygen atoms in total. The first kappa shape index (κ1) is 12.8. The van der Waals surface area contributed by atoms with E-state index < -0.39 is 5.82 Å². The van der Waals surface area contributed by atoms with E-state index in [1.165, 1.54) is 12.1 Å². The van der Waals surface area contributed by atoms with Gasteiger partial charge in [0.15, 0.2) is 5.78 Å². The first-order chi connectivity index (χ1) is 8.63. The highest BCUT2D eigenvalue weighted by Crippen LogP contribution is 2.23. The molecule has 0 saturated heterocycles. The van der Waals surface area contributed by atoms with E-state index in [2.05, 4.69) is 15.9 Å². The van der Waals surface area contributed by atoms with E-state index in [0.29, 0.717) is 16.9 Å². The largest absolute Gasteiger partial charge is 0.497 e. The molecule has 18 heavy (non-hydrogen) atoms. The van der Waals surface area contributed by atoms with Crippen LogP contribution in [0, 0.1) is 5.82 Å². The van der Waals surface area contributed by atoms with E-state index in [-0.39, 0.29) is 10.3 Å². The summed E-state index contributed by atoms with van der Waals surface area (Å²) >= 11 is 3.09. The summed E-state index contributed by atoms with van der Waals surface area (Å²) in [6, 6.07) is 11.1. The van der Waals surface area contributed by atoms with Crippen molar-refractivity contribution in [3.05, 3.63) is 63.9 Å². The number of methoxy groups -OCH3 is 1. The van der Waals surface area contributed by atoms with Crippen molar-refractivity contribution in [3.8, 4) is 5.75 Å². The van der Waals surface area contributed by atoms with Crippen molar-refractivity contribution in [2.75, 3.05) is 7.11 Å². The summed E-state index contributed by atoms with van der Waals surface area (Å²) in [5.74, 6) is -0.0109. The van der Waals surface area contributed by atoms with Crippen molar-refractivity contribution in [1.29, 1.82) is 0 Å². The van der Waals surface area contributed by atoms with Gasteiger partial charge in [-0.05, 0) is 52.3 Å². The fourth-order valence-corrected chi connectivity index (χ4v) is 2.02. The highest BCUT2D eigenvalue weighted by Gasteiger charge is 2.14. The molecule has 2 aromatic rings. The summed E-state index contributed by atoms with van der Waals surface area (Å²) in [6.45, 7) is 0. The maximum atomic E-state index is 13.4. The van der Waals surface area contributed by atoms with Crippen molar-refractivity contribution in [3.63, 3.8) is 0 Å². The third-order valence-electron chi connectivity index (χ3n) is 2.55. The number of halogens is 2. The number of carbonyl (C=O) groups is 1. The molecule has 0 aliphatic rings. The van der Waals surface area contributed by atoms with E-state index in [9.17, 15) is 9.18 Å². The van der Waals surface area contributed by atoms with Crippen molar-refractivity contribution >= 4 is 21.7 Å². The molecule has 0 saturated carbocycles. The maximum Gasteiger partial charge on any atom is 0.194 e. The number of hydrogen-bond donors (Lipinski definition) is 0. The molecule has 0 aliphatic carbocycles. The molecule has 4 heteroatoms. The number of benzene rings is 2. The number of rotatable bonds is 3. The Bertz CT molecular complexity index is 579. The Labute approximate surface area is 113 Å². The van der Waals surface area contributed by atoms with Gasteiger partial charge in [-0.1, -0.05) is 6.07 Å². The van der Waals surface area contributed by atoms with Crippen LogP contribution in [0.15, 0.2) is 46.9 Å².